The highest BCUT2D eigenvalue weighted by atomic mass is 35.5. The number of likely N-dealkylation sites (N-methyl/N-ethyl adjacent to an activating group) is 1. The lowest BCUT2D eigenvalue weighted by molar-refractivity contribution is -0.139. The number of anilines is 1. The van der Waals surface area contributed by atoms with Crippen LogP contribution in [0.2, 0.25) is 0 Å². The molecule has 9 nitrogen and oxygen atoms in total. The van der Waals surface area contributed by atoms with Gasteiger partial charge >= 0.3 is 0 Å². The Morgan fingerprint density at radius 2 is 1.71 bits per heavy atom. The molecular formula is C31H41ClN4O5S. The van der Waals surface area contributed by atoms with Crippen LogP contribution in [0.1, 0.15) is 37.3 Å². The van der Waals surface area contributed by atoms with Gasteiger partial charge in [-0.15, -0.1) is 12.4 Å². The fraction of sp³-hybridized carbons (Fsp3) is 0.484. The molecule has 3 aliphatic heterocycles. The number of para-hydroxylation sites is 1. The number of fused-ring (bicyclic) bond motifs is 2. The third-order valence-electron chi connectivity index (χ3n) is 8.59. The molecule has 1 fully saturated rings. The van der Waals surface area contributed by atoms with Crippen molar-refractivity contribution in [3.8, 4) is 0 Å². The van der Waals surface area contributed by atoms with Crippen LogP contribution in [-0.4, -0.2) is 88.2 Å². The highest BCUT2D eigenvalue weighted by Crippen LogP contribution is 2.47. The van der Waals surface area contributed by atoms with E-state index in [2.05, 4.69) is 17.1 Å². The summed E-state index contributed by atoms with van der Waals surface area (Å²) in [7, 11) is -3.42. The average Bonchev–Trinajstić information content (AvgIpc) is 3.31. The van der Waals surface area contributed by atoms with E-state index in [0.29, 0.717) is 51.2 Å². The predicted molar refractivity (Wildman–Crippen MR) is 166 cm³/mol. The van der Waals surface area contributed by atoms with Crippen LogP contribution in [0.5, 0.6) is 0 Å². The Kier molecular flexibility index (Phi) is 10.4. The van der Waals surface area contributed by atoms with Crippen LogP contribution >= 0.6 is 12.4 Å². The van der Waals surface area contributed by atoms with Crippen LogP contribution in [0, 0.1) is 0 Å². The number of rotatable bonds is 9. The number of halogens is 1. The zero-order valence-electron chi connectivity index (χ0n) is 24.3. The molecule has 2 aromatic rings. The first-order valence-corrected chi connectivity index (χ1v) is 16.2. The highest BCUT2D eigenvalue weighted by molar-refractivity contribution is 7.92. The van der Waals surface area contributed by atoms with E-state index in [1.165, 1.54) is 10.6 Å². The van der Waals surface area contributed by atoms with Crippen LogP contribution in [0.3, 0.4) is 0 Å². The first-order valence-electron chi connectivity index (χ1n) is 14.4. The normalized spacial score (nSPS) is 19.0. The largest absolute Gasteiger partial charge is 0.374 e. The van der Waals surface area contributed by atoms with E-state index in [9.17, 15) is 18.0 Å². The lowest BCUT2D eigenvalue weighted by atomic mass is 9.74. The quantitative estimate of drug-likeness (QED) is 0.465. The fourth-order valence-electron chi connectivity index (χ4n) is 6.22. The molecule has 0 aromatic heterocycles. The molecule has 0 bridgehead atoms. The second-order valence-electron chi connectivity index (χ2n) is 11.3. The Morgan fingerprint density at radius 3 is 2.40 bits per heavy atom. The van der Waals surface area contributed by atoms with Crippen molar-refractivity contribution in [1.82, 2.24) is 15.1 Å². The molecule has 1 saturated heterocycles. The average molecular weight is 617 g/mol. The van der Waals surface area contributed by atoms with E-state index >= 15 is 0 Å². The number of piperidine rings is 1. The van der Waals surface area contributed by atoms with Crippen LogP contribution in [-0.2, 0) is 36.4 Å². The third-order valence-corrected chi connectivity index (χ3v) is 9.72. The molecule has 2 aromatic carbocycles. The number of hydrogen-bond donors (Lipinski definition) is 1. The number of likely N-dealkylation sites (tertiary alicyclic amines) is 1. The lowest BCUT2D eigenvalue weighted by Crippen LogP contribution is -2.55. The van der Waals surface area contributed by atoms with Gasteiger partial charge in [0.1, 0.15) is 6.04 Å². The van der Waals surface area contributed by atoms with Gasteiger partial charge < -0.3 is 15.0 Å². The van der Waals surface area contributed by atoms with Gasteiger partial charge in [-0.05, 0) is 43.0 Å². The molecule has 0 aliphatic carbocycles. The monoisotopic (exact) mass is 616 g/mol. The Balaban J connectivity index is 0.00000405. The van der Waals surface area contributed by atoms with Crippen LogP contribution in [0.25, 0.3) is 0 Å². The maximum absolute atomic E-state index is 13.8. The van der Waals surface area contributed by atoms with Crippen molar-refractivity contribution in [2.45, 2.75) is 44.2 Å². The second-order valence-corrected chi connectivity index (χ2v) is 13.2. The van der Waals surface area contributed by atoms with Crippen molar-refractivity contribution >= 4 is 39.9 Å². The SMILES string of the molecule is CCN1CCC=C(C(=O)N[C@H](COCc2ccccc2)C(=O)N2CCC3(CC2)CN(S(C)(=O)=O)c2ccccc23)C1.Cl. The number of hydrogen-bond acceptors (Lipinski definition) is 6. The summed E-state index contributed by atoms with van der Waals surface area (Å²) < 4.78 is 32.6. The summed E-state index contributed by atoms with van der Waals surface area (Å²) in [5.74, 6) is -0.400. The summed E-state index contributed by atoms with van der Waals surface area (Å²) in [6.07, 6.45) is 5.29. The van der Waals surface area contributed by atoms with Crippen LogP contribution in [0.4, 0.5) is 5.69 Å². The fourth-order valence-corrected chi connectivity index (χ4v) is 7.22. The van der Waals surface area contributed by atoms with Crippen molar-refractivity contribution < 1.29 is 22.7 Å². The molecule has 3 heterocycles. The van der Waals surface area contributed by atoms with Gasteiger partial charge in [0.25, 0.3) is 0 Å². The topological polar surface area (TPSA) is 99.3 Å². The van der Waals surface area contributed by atoms with E-state index in [1.54, 1.807) is 4.90 Å². The van der Waals surface area contributed by atoms with Gasteiger partial charge in [-0.25, -0.2) is 8.42 Å². The molecule has 1 atom stereocenters. The van der Waals surface area contributed by atoms with Gasteiger partial charge in [0.15, 0.2) is 0 Å². The van der Waals surface area contributed by atoms with Crippen LogP contribution < -0.4 is 9.62 Å². The summed E-state index contributed by atoms with van der Waals surface area (Å²) in [5.41, 5.74) is 3.10. The van der Waals surface area contributed by atoms with E-state index in [1.807, 2.05) is 60.7 Å². The first-order chi connectivity index (χ1) is 19.7. The molecule has 0 saturated carbocycles. The minimum absolute atomic E-state index is 0. The van der Waals surface area contributed by atoms with Crippen molar-refractivity contribution in [3.63, 3.8) is 0 Å². The smallest absolute Gasteiger partial charge is 0.248 e. The zero-order chi connectivity index (χ0) is 29.0. The summed E-state index contributed by atoms with van der Waals surface area (Å²) in [6, 6.07) is 16.6. The van der Waals surface area contributed by atoms with Gasteiger partial charge in [0.05, 0.1) is 25.2 Å². The maximum atomic E-state index is 13.8. The molecule has 5 rings (SSSR count). The summed E-state index contributed by atoms with van der Waals surface area (Å²) in [6.45, 7) is 6.17. The number of nitrogens with one attached hydrogen (secondary N) is 1. The lowest BCUT2D eigenvalue weighted by Gasteiger charge is -2.41. The van der Waals surface area contributed by atoms with Gasteiger partial charge in [0.2, 0.25) is 21.8 Å². The Morgan fingerprint density at radius 1 is 1.02 bits per heavy atom. The van der Waals surface area contributed by atoms with Gasteiger partial charge in [-0.1, -0.05) is 61.5 Å². The molecular weight excluding hydrogens is 576 g/mol. The summed E-state index contributed by atoms with van der Waals surface area (Å²) in [4.78, 5) is 31.1. The van der Waals surface area contributed by atoms with Crippen molar-refractivity contribution in [2.24, 2.45) is 0 Å². The van der Waals surface area contributed by atoms with Gasteiger partial charge in [-0.2, -0.15) is 0 Å². The Hall–Kier alpha value is -2.92. The number of carbonyl (C=O) groups is 2. The number of amides is 2. The van der Waals surface area contributed by atoms with E-state index in [-0.39, 0.29) is 36.2 Å². The third kappa shape index (κ3) is 6.99. The molecule has 1 N–H and O–H groups in total. The Bertz CT molecular complexity index is 1390. The first kappa shape index (κ1) is 32.0. The standard InChI is InChI=1S/C31H40N4O5S.ClH/c1-3-33-17-9-12-25(20-33)29(36)32-27(22-40-21-24-10-5-4-6-11-24)30(37)34-18-15-31(16-19-34)23-35(41(2,38)39)28-14-8-7-13-26(28)31;/h4-8,10-14,27H,3,9,15-23H2,1-2H3,(H,32,36);1H/t27-;/m1./s1. The molecule has 1 spiro atoms. The van der Waals surface area contributed by atoms with Crippen LogP contribution in [0.15, 0.2) is 66.2 Å². The number of benzene rings is 2. The maximum Gasteiger partial charge on any atom is 0.248 e. The van der Waals surface area contributed by atoms with Gasteiger partial charge in [-0.3, -0.25) is 18.8 Å². The number of ether oxygens (including phenoxy) is 1. The minimum atomic E-state index is -3.42. The van der Waals surface area contributed by atoms with E-state index in [0.717, 1.165) is 36.3 Å². The molecule has 42 heavy (non-hydrogen) atoms. The molecule has 11 heteroatoms. The predicted octanol–water partition coefficient (Wildman–Crippen LogP) is 3.10. The molecule has 3 aliphatic rings. The highest BCUT2D eigenvalue weighted by Gasteiger charge is 2.47. The summed E-state index contributed by atoms with van der Waals surface area (Å²) >= 11 is 0. The number of carbonyl (C=O) groups excluding carboxylic acids is 2. The summed E-state index contributed by atoms with van der Waals surface area (Å²) in [5, 5.41) is 2.98. The molecule has 2 amide bonds. The van der Waals surface area contributed by atoms with Gasteiger partial charge in [0, 0.05) is 43.7 Å². The van der Waals surface area contributed by atoms with E-state index in [4.69, 9.17) is 4.74 Å². The number of nitrogens with zero attached hydrogens (tertiary/aromatic N) is 3. The zero-order valence-corrected chi connectivity index (χ0v) is 26.0. The van der Waals surface area contributed by atoms with Crippen molar-refractivity contribution in [1.29, 1.82) is 0 Å². The van der Waals surface area contributed by atoms with E-state index < -0.39 is 16.1 Å². The Labute approximate surface area is 255 Å². The van der Waals surface area contributed by atoms with Crippen molar-refractivity contribution in [3.05, 3.63) is 77.4 Å². The molecule has 0 unspecified atom stereocenters. The molecule has 228 valence electrons. The van der Waals surface area contributed by atoms with Crippen molar-refractivity contribution in [2.75, 3.05) is 56.4 Å². The number of sulfonamides is 1. The minimum Gasteiger partial charge on any atom is -0.374 e. The second kappa shape index (κ2) is 13.6. The molecule has 0 radical (unpaired) electrons.